The Bertz CT molecular complexity index is 768. The molecule has 0 aliphatic carbocycles. The van der Waals surface area contributed by atoms with Crippen LogP contribution in [-0.4, -0.2) is 24.2 Å². The summed E-state index contributed by atoms with van der Waals surface area (Å²) in [5, 5.41) is 2.97. The van der Waals surface area contributed by atoms with Crippen LogP contribution in [0.2, 0.25) is 0 Å². The van der Waals surface area contributed by atoms with Gasteiger partial charge in [-0.15, -0.1) is 11.8 Å². The molecule has 0 bridgehead atoms. The number of nitrogens with one attached hydrogen (secondary N) is 2. The van der Waals surface area contributed by atoms with Gasteiger partial charge in [-0.1, -0.05) is 6.07 Å². The van der Waals surface area contributed by atoms with Crippen LogP contribution in [-0.2, 0) is 6.42 Å². The summed E-state index contributed by atoms with van der Waals surface area (Å²) in [6.07, 6.45) is 2.30. The number of anilines is 1. The lowest BCUT2D eigenvalue weighted by atomic mass is 9.99. The Kier molecular flexibility index (Phi) is 4.92. The zero-order valence-corrected chi connectivity index (χ0v) is 13.6. The maximum Gasteiger partial charge on any atom is 0.252 e. The van der Waals surface area contributed by atoms with Gasteiger partial charge in [0.05, 0.1) is 0 Å². The normalized spacial score (nSPS) is 10.5. The number of hydrogen-bond donors (Lipinski definition) is 3. The SMILES string of the molecule is CNc1ccc(Cc2c(SC)cc(C)[nH]c2=O)c(C(N)=O)c1. The first-order chi connectivity index (χ1) is 10.5. The number of nitrogens with two attached hydrogens (primary N) is 1. The van der Waals surface area contributed by atoms with Crippen molar-refractivity contribution in [2.75, 3.05) is 18.6 Å². The Morgan fingerprint density at radius 2 is 2.09 bits per heavy atom. The molecule has 0 aliphatic rings. The van der Waals surface area contributed by atoms with Crippen LogP contribution in [0.1, 0.15) is 27.2 Å². The molecule has 0 unspecified atom stereocenters. The van der Waals surface area contributed by atoms with Gasteiger partial charge in [0, 0.05) is 40.9 Å². The van der Waals surface area contributed by atoms with Crippen molar-refractivity contribution >= 4 is 23.4 Å². The molecular weight excluding hydrogens is 298 g/mol. The van der Waals surface area contributed by atoms with Crippen molar-refractivity contribution in [2.45, 2.75) is 18.2 Å². The van der Waals surface area contributed by atoms with Gasteiger partial charge in [-0.3, -0.25) is 9.59 Å². The molecule has 116 valence electrons. The zero-order chi connectivity index (χ0) is 16.3. The van der Waals surface area contributed by atoms with E-state index in [1.807, 2.05) is 31.4 Å². The van der Waals surface area contributed by atoms with Crippen LogP contribution in [0.4, 0.5) is 5.69 Å². The Labute approximate surface area is 133 Å². The van der Waals surface area contributed by atoms with E-state index in [0.29, 0.717) is 17.5 Å². The second kappa shape index (κ2) is 6.70. The molecule has 0 saturated heterocycles. The van der Waals surface area contributed by atoms with E-state index < -0.39 is 5.91 Å². The number of primary amides is 1. The van der Waals surface area contributed by atoms with Crippen LogP contribution in [0, 0.1) is 6.92 Å². The van der Waals surface area contributed by atoms with Crippen molar-refractivity contribution in [3.05, 3.63) is 57.0 Å². The van der Waals surface area contributed by atoms with Crippen molar-refractivity contribution in [3.63, 3.8) is 0 Å². The molecule has 2 rings (SSSR count). The monoisotopic (exact) mass is 317 g/mol. The summed E-state index contributed by atoms with van der Waals surface area (Å²) in [5.41, 5.74) is 8.79. The number of hydrogen-bond acceptors (Lipinski definition) is 4. The lowest BCUT2D eigenvalue weighted by molar-refractivity contribution is 0.0999. The second-order valence-corrected chi connectivity index (χ2v) is 5.84. The molecule has 1 heterocycles. The molecule has 0 saturated carbocycles. The fraction of sp³-hybridized carbons (Fsp3) is 0.250. The van der Waals surface area contributed by atoms with Gasteiger partial charge in [-0.25, -0.2) is 0 Å². The molecule has 22 heavy (non-hydrogen) atoms. The molecule has 5 nitrogen and oxygen atoms in total. The molecule has 6 heteroatoms. The number of benzene rings is 1. The molecule has 0 atom stereocenters. The van der Waals surface area contributed by atoms with Crippen LogP contribution in [0.5, 0.6) is 0 Å². The van der Waals surface area contributed by atoms with Crippen molar-refractivity contribution < 1.29 is 4.79 Å². The van der Waals surface area contributed by atoms with E-state index in [1.165, 1.54) is 11.8 Å². The van der Waals surface area contributed by atoms with E-state index in [1.54, 1.807) is 13.1 Å². The third kappa shape index (κ3) is 3.33. The number of aromatic nitrogens is 1. The van der Waals surface area contributed by atoms with Crippen LogP contribution < -0.4 is 16.6 Å². The molecule has 0 radical (unpaired) electrons. The second-order valence-electron chi connectivity index (χ2n) is 4.99. The average molecular weight is 317 g/mol. The number of pyridine rings is 1. The summed E-state index contributed by atoms with van der Waals surface area (Å²) >= 11 is 1.52. The van der Waals surface area contributed by atoms with E-state index in [-0.39, 0.29) is 5.56 Å². The maximum atomic E-state index is 12.2. The number of aryl methyl sites for hydroxylation is 1. The quantitative estimate of drug-likeness (QED) is 0.737. The van der Waals surface area contributed by atoms with Crippen LogP contribution in [0.15, 0.2) is 34.0 Å². The van der Waals surface area contributed by atoms with Crippen molar-refractivity contribution in [3.8, 4) is 0 Å². The topological polar surface area (TPSA) is 88.0 Å². The number of carbonyl (C=O) groups is 1. The van der Waals surface area contributed by atoms with E-state index in [2.05, 4.69) is 10.3 Å². The van der Waals surface area contributed by atoms with Crippen molar-refractivity contribution in [1.29, 1.82) is 0 Å². The minimum absolute atomic E-state index is 0.127. The summed E-state index contributed by atoms with van der Waals surface area (Å²) in [4.78, 5) is 27.6. The van der Waals surface area contributed by atoms with Gasteiger partial charge >= 0.3 is 0 Å². The molecule has 4 N–H and O–H groups in total. The number of amides is 1. The number of carbonyl (C=O) groups excluding carboxylic acids is 1. The fourth-order valence-electron chi connectivity index (χ4n) is 2.34. The highest BCUT2D eigenvalue weighted by atomic mass is 32.2. The lowest BCUT2D eigenvalue weighted by Gasteiger charge is -2.12. The number of thioether (sulfide) groups is 1. The first-order valence-corrected chi connectivity index (χ1v) is 8.06. The van der Waals surface area contributed by atoms with Crippen molar-refractivity contribution in [1.82, 2.24) is 4.98 Å². The molecule has 1 aromatic carbocycles. The third-order valence-electron chi connectivity index (χ3n) is 3.48. The Morgan fingerprint density at radius 3 is 2.68 bits per heavy atom. The molecule has 0 spiro atoms. The molecule has 0 aliphatic heterocycles. The Hall–Kier alpha value is -2.21. The fourth-order valence-corrected chi connectivity index (χ4v) is 3.05. The first kappa shape index (κ1) is 16.2. The number of aromatic amines is 1. The van der Waals surface area contributed by atoms with Gasteiger partial charge in [0.25, 0.3) is 5.56 Å². The van der Waals surface area contributed by atoms with E-state index in [4.69, 9.17) is 5.73 Å². The molecule has 2 aromatic rings. The number of rotatable bonds is 5. The maximum absolute atomic E-state index is 12.2. The third-order valence-corrected chi connectivity index (χ3v) is 4.29. The van der Waals surface area contributed by atoms with Crippen LogP contribution in [0.25, 0.3) is 0 Å². The summed E-state index contributed by atoms with van der Waals surface area (Å²) in [6.45, 7) is 1.85. The van der Waals surface area contributed by atoms with Gasteiger partial charge in [0.2, 0.25) is 5.91 Å². The highest BCUT2D eigenvalue weighted by molar-refractivity contribution is 7.98. The van der Waals surface area contributed by atoms with E-state index in [9.17, 15) is 9.59 Å². The van der Waals surface area contributed by atoms with E-state index >= 15 is 0 Å². The summed E-state index contributed by atoms with van der Waals surface area (Å²) < 4.78 is 0. The van der Waals surface area contributed by atoms with Crippen LogP contribution in [0.3, 0.4) is 0 Å². The minimum Gasteiger partial charge on any atom is -0.388 e. The Morgan fingerprint density at radius 1 is 1.36 bits per heavy atom. The summed E-state index contributed by atoms with van der Waals surface area (Å²) in [5.74, 6) is -0.499. The smallest absolute Gasteiger partial charge is 0.252 e. The minimum atomic E-state index is -0.499. The lowest BCUT2D eigenvalue weighted by Crippen LogP contribution is -2.18. The Balaban J connectivity index is 2.52. The highest BCUT2D eigenvalue weighted by Crippen LogP contribution is 2.23. The molecule has 1 aromatic heterocycles. The zero-order valence-electron chi connectivity index (χ0n) is 12.8. The first-order valence-electron chi connectivity index (χ1n) is 6.83. The van der Waals surface area contributed by atoms with E-state index in [0.717, 1.165) is 21.8 Å². The largest absolute Gasteiger partial charge is 0.388 e. The molecular formula is C16H19N3O2S. The number of H-pyrrole nitrogens is 1. The molecule has 1 amide bonds. The predicted octanol–water partition coefficient (Wildman–Crippen LogP) is 2.14. The van der Waals surface area contributed by atoms with Gasteiger partial charge in [0.1, 0.15) is 0 Å². The van der Waals surface area contributed by atoms with Crippen molar-refractivity contribution in [2.24, 2.45) is 5.73 Å². The van der Waals surface area contributed by atoms with Gasteiger partial charge in [-0.05, 0) is 36.9 Å². The summed E-state index contributed by atoms with van der Waals surface area (Å²) in [7, 11) is 1.77. The van der Waals surface area contributed by atoms with Gasteiger partial charge < -0.3 is 16.0 Å². The predicted molar refractivity (Wildman–Crippen MR) is 90.9 cm³/mol. The molecule has 0 fully saturated rings. The van der Waals surface area contributed by atoms with Crippen LogP contribution >= 0.6 is 11.8 Å². The standard InChI is InChI=1S/C16H19N3O2S/c1-9-6-14(22-3)13(16(21)19-9)7-10-4-5-11(18-2)8-12(10)15(17)20/h4-6,8,18H,7H2,1-3H3,(H2,17,20)(H,19,21). The average Bonchev–Trinajstić information content (AvgIpc) is 2.49. The van der Waals surface area contributed by atoms with Gasteiger partial charge in [0.15, 0.2) is 0 Å². The highest BCUT2D eigenvalue weighted by Gasteiger charge is 2.14. The van der Waals surface area contributed by atoms with Gasteiger partial charge in [-0.2, -0.15) is 0 Å². The summed E-state index contributed by atoms with van der Waals surface area (Å²) in [6, 6.07) is 7.34.